The molecule has 220 valence electrons. The summed E-state index contributed by atoms with van der Waals surface area (Å²) in [5.74, 6) is -4.06. The number of benzene rings is 2. The quantitative estimate of drug-likeness (QED) is 0.366. The normalized spacial score (nSPS) is 28.9. The number of hydrogen-bond donors (Lipinski definition) is 1. The molecule has 4 nitrogen and oxygen atoms in total. The van der Waals surface area contributed by atoms with Crippen molar-refractivity contribution in [2.24, 2.45) is 17.8 Å². The molecule has 2 saturated carbocycles. The third-order valence-corrected chi connectivity index (χ3v) is 9.20. The summed E-state index contributed by atoms with van der Waals surface area (Å²) in [5, 5.41) is 9.45. The Morgan fingerprint density at radius 3 is 2.35 bits per heavy atom. The maximum Gasteiger partial charge on any atom is 0.420 e. The van der Waals surface area contributed by atoms with Gasteiger partial charge in [0.25, 0.3) is 0 Å². The zero-order valence-electron chi connectivity index (χ0n) is 22.0. The number of fused-ring (bicyclic) bond motifs is 5. The number of aliphatic carboxylic acids is 1. The zero-order chi connectivity index (χ0) is 29.0. The smallest absolute Gasteiger partial charge is 0.420 e. The maximum absolute atomic E-state index is 15.4. The molecule has 2 aromatic rings. The lowest BCUT2D eigenvalue weighted by Crippen LogP contribution is -2.48. The van der Waals surface area contributed by atoms with Gasteiger partial charge in [0.15, 0.2) is 0 Å². The van der Waals surface area contributed by atoms with E-state index in [4.69, 9.17) is 4.74 Å². The van der Waals surface area contributed by atoms with Crippen LogP contribution in [-0.4, -0.2) is 40.8 Å². The average Bonchev–Trinajstić information content (AvgIpc) is 3.21. The number of carbonyl (C=O) groups is 1. The third-order valence-electron chi connectivity index (χ3n) is 9.20. The first kappa shape index (κ1) is 29.0. The van der Waals surface area contributed by atoms with E-state index < -0.39 is 59.4 Å². The lowest BCUT2D eigenvalue weighted by atomic mass is 9.81. The molecule has 4 fully saturated rings. The van der Waals surface area contributed by atoms with Gasteiger partial charge in [0.05, 0.1) is 17.9 Å². The van der Waals surface area contributed by atoms with Gasteiger partial charge in [-0.3, -0.25) is 9.69 Å². The number of rotatable bonds is 5. The van der Waals surface area contributed by atoms with Gasteiger partial charge < -0.3 is 9.84 Å². The number of alkyl halides is 6. The minimum absolute atomic E-state index is 0.0138. The van der Waals surface area contributed by atoms with Crippen molar-refractivity contribution in [2.45, 2.75) is 88.8 Å². The monoisotopic (exact) mass is 575 g/mol. The molecule has 0 aromatic heterocycles. The lowest BCUT2D eigenvalue weighted by Gasteiger charge is -2.43. The summed E-state index contributed by atoms with van der Waals surface area (Å²) in [5.41, 5.74) is -0.986. The van der Waals surface area contributed by atoms with E-state index in [1.807, 2.05) is 4.90 Å². The van der Waals surface area contributed by atoms with Crippen LogP contribution >= 0.6 is 0 Å². The van der Waals surface area contributed by atoms with Crippen molar-refractivity contribution < 1.29 is 45.4 Å². The van der Waals surface area contributed by atoms with E-state index in [9.17, 15) is 36.2 Å². The van der Waals surface area contributed by atoms with Crippen molar-refractivity contribution in [3.8, 4) is 5.75 Å². The molecule has 4 aliphatic rings. The Balaban J connectivity index is 1.47. The molecule has 40 heavy (non-hydrogen) atoms. The molecular weight excluding hydrogens is 543 g/mol. The summed E-state index contributed by atoms with van der Waals surface area (Å²) in [6.45, 7) is 2.16. The van der Waals surface area contributed by atoms with E-state index in [0.717, 1.165) is 31.4 Å². The molecule has 2 bridgehead atoms. The van der Waals surface area contributed by atoms with Crippen molar-refractivity contribution in [3.63, 3.8) is 0 Å². The molecule has 2 aliphatic heterocycles. The van der Waals surface area contributed by atoms with Gasteiger partial charge >= 0.3 is 18.3 Å². The minimum atomic E-state index is -4.85. The van der Waals surface area contributed by atoms with Crippen molar-refractivity contribution >= 4 is 16.7 Å². The number of carboxylic acids is 1. The van der Waals surface area contributed by atoms with Crippen LogP contribution in [0, 0.1) is 23.6 Å². The van der Waals surface area contributed by atoms with Gasteiger partial charge in [0.2, 0.25) is 0 Å². The van der Waals surface area contributed by atoms with Crippen LogP contribution in [0.15, 0.2) is 24.3 Å². The highest BCUT2D eigenvalue weighted by molar-refractivity contribution is 5.89. The van der Waals surface area contributed by atoms with Gasteiger partial charge in [-0.05, 0) is 86.8 Å². The highest BCUT2D eigenvalue weighted by Crippen LogP contribution is 2.46. The topological polar surface area (TPSA) is 49.8 Å². The third kappa shape index (κ3) is 5.63. The molecular formula is C29H32F7NO3. The Hall–Kier alpha value is -2.56. The molecule has 2 heterocycles. The van der Waals surface area contributed by atoms with Crippen LogP contribution in [0.1, 0.15) is 75.5 Å². The number of ether oxygens (including phenoxy) is 1. The number of halogens is 7. The highest BCUT2D eigenvalue weighted by atomic mass is 19.4. The fourth-order valence-corrected chi connectivity index (χ4v) is 7.05. The van der Waals surface area contributed by atoms with E-state index in [0.29, 0.717) is 13.0 Å². The molecule has 1 N–H and O–H groups in total. The van der Waals surface area contributed by atoms with Gasteiger partial charge in [0, 0.05) is 24.2 Å². The predicted octanol–water partition coefficient (Wildman–Crippen LogP) is 8.13. The number of hydrogen-bond acceptors (Lipinski definition) is 3. The zero-order valence-corrected chi connectivity index (χ0v) is 22.0. The fraction of sp³-hybridized carbons (Fsp3) is 0.621. The Labute approximate surface area is 227 Å². The highest BCUT2D eigenvalue weighted by Gasteiger charge is 2.45. The summed E-state index contributed by atoms with van der Waals surface area (Å²) >= 11 is 0. The van der Waals surface area contributed by atoms with Crippen LogP contribution in [0.3, 0.4) is 0 Å². The Morgan fingerprint density at radius 1 is 1.02 bits per heavy atom. The molecule has 11 heteroatoms. The fourth-order valence-electron chi connectivity index (χ4n) is 7.05. The molecule has 2 saturated heterocycles. The first-order chi connectivity index (χ1) is 18.7. The summed E-state index contributed by atoms with van der Waals surface area (Å²) in [6, 6.07) is 4.03. The average molecular weight is 576 g/mol. The van der Waals surface area contributed by atoms with Crippen LogP contribution in [0.4, 0.5) is 30.7 Å². The SMILES string of the molecule is CC(c1cc2c(C(F)(F)F)c(OC3CCC(C(F)(F)F)CC3)ccc2cc1F)N1CC2CCCC1CC2C(=O)O. The van der Waals surface area contributed by atoms with Gasteiger partial charge in [0.1, 0.15) is 17.1 Å². The van der Waals surface area contributed by atoms with Crippen molar-refractivity contribution in [2.75, 3.05) is 6.54 Å². The summed E-state index contributed by atoms with van der Waals surface area (Å²) < 4.78 is 104. The molecule has 6 rings (SSSR count). The number of carboxylic acid groups (broad SMARTS) is 1. The molecule has 0 spiro atoms. The minimum Gasteiger partial charge on any atom is -0.490 e. The number of piperidine rings is 1. The Morgan fingerprint density at radius 2 is 1.73 bits per heavy atom. The Bertz CT molecular complexity index is 1250. The van der Waals surface area contributed by atoms with Crippen LogP contribution in [0.2, 0.25) is 0 Å². The van der Waals surface area contributed by atoms with Crippen LogP contribution in [0.5, 0.6) is 5.75 Å². The first-order valence-corrected chi connectivity index (χ1v) is 13.8. The second-order valence-corrected chi connectivity index (χ2v) is 11.6. The van der Waals surface area contributed by atoms with Gasteiger partial charge in [-0.2, -0.15) is 26.3 Å². The molecule has 4 unspecified atom stereocenters. The standard InChI is InChI=1S/C29H32F7NO3/c1-15(37-14-17-3-2-4-19(37)12-23(17)27(38)39)21-13-22-16(11-24(21)30)5-10-25(26(22)29(34,35)36)40-20-8-6-18(7-9-20)28(31,32)33/h5,10-11,13,15,17-20,23H,2-4,6-9,12,14H2,1H3,(H,38,39). The predicted molar refractivity (Wildman–Crippen MR) is 133 cm³/mol. The number of nitrogens with zero attached hydrogens (tertiary/aromatic N) is 1. The van der Waals surface area contributed by atoms with Crippen LogP contribution < -0.4 is 4.74 Å². The molecule has 0 radical (unpaired) electrons. The summed E-state index contributed by atoms with van der Waals surface area (Å²) in [4.78, 5) is 13.8. The summed E-state index contributed by atoms with van der Waals surface area (Å²) in [7, 11) is 0. The lowest BCUT2D eigenvalue weighted by molar-refractivity contribution is -0.185. The largest absolute Gasteiger partial charge is 0.490 e. The van der Waals surface area contributed by atoms with Crippen molar-refractivity contribution in [1.82, 2.24) is 4.90 Å². The molecule has 4 atom stereocenters. The van der Waals surface area contributed by atoms with E-state index in [1.165, 1.54) is 12.1 Å². The summed E-state index contributed by atoms with van der Waals surface area (Å²) in [6.07, 6.45) is -7.70. The van der Waals surface area contributed by atoms with Gasteiger partial charge in [-0.15, -0.1) is 0 Å². The van der Waals surface area contributed by atoms with E-state index in [-0.39, 0.29) is 54.0 Å². The van der Waals surface area contributed by atoms with Gasteiger partial charge in [-0.1, -0.05) is 12.5 Å². The maximum atomic E-state index is 15.4. The second kappa shape index (κ2) is 10.7. The Kier molecular flexibility index (Phi) is 7.74. The molecule has 0 amide bonds. The van der Waals surface area contributed by atoms with Crippen LogP contribution in [0.25, 0.3) is 10.8 Å². The second-order valence-electron chi connectivity index (χ2n) is 11.6. The first-order valence-electron chi connectivity index (χ1n) is 13.8. The van der Waals surface area contributed by atoms with E-state index in [1.54, 1.807) is 6.92 Å². The van der Waals surface area contributed by atoms with E-state index in [2.05, 4.69) is 0 Å². The molecule has 2 aromatic carbocycles. The van der Waals surface area contributed by atoms with Crippen molar-refractivity contribution in [3.05, 3.63) is 41.2 Å². The van der Waals surface area contributed by atoms with Gasteiger partial charge in [-0.25, -0.2) is 4.39 Å². The van der Waals surface area contributed by atoms with Crippen molar-refractivity contribution in [1.29, 1.82) is 0 Å². The molecule has 2 aliphatic carbocycles. The van der Waals surface area contributed by atoms with Crippen LogP contribution in [-0.2, 0) is 11.0 Å². The van der Waals surface area contributed by atoms with E-state index >= 15 is 4.39 Å².